The van der Waals surface area contributed by atoms with Crippen molar-refractivity contribution in [1.82, 2.24) is 19.8 Å². The fourth-order valence-electron chi connectivity index (χ4n) is 4.38. The molecule has 1 aliphatic rings. The van der Waals surface area contributed by atoms with Gasteiger partial charge < -0.3 is 9.64 Å². The van der Waals surface area contributed by atoms with Crippen LogP contribution in [-0.2, 0) is 17.5 Å². The number of carbonyl (C=O) groups is 1. The highest BCUT2D eigenvalue weighted by molar-refractivity contribution is 7.86. The standard InChI is InChI=1S/C27H26ClN5O3S/c1-36-24-15-21(27(34)33-12-10-32(11-13-33)18-19-14-22(28)17-29-16-19)7-8-23(24)31-37(35)25-6-2-4-20-5-3-9-30-26(20)25/h2-9,14-17,31H,10-13,18H2,1H3. The van der Waals surface area contributed by atoms with Gasteiger partial charge in [-0.3, -0.25) is 24.4 Å². The summed E-state index contributed by atoms with van der Waals surface area (Å²) >= 11 is 6.04. The molecule has 5 rings (SSSR count). The van der Waals surface area contributed by atoms with E-state index in [1.165, 1.54) is 7.11 Å². The Morgan fingerprint density at radius 2 is 1.89 bits per heavy atom. The molecule has 3 heterocycles. The summed E-state index contributed by atoms with van der Waals surface area (Å²) < 4.78 is 21.7. The van der Waals surface area contributed by atoms with Gasteiger partial charge in [-0.1, -0.05) is 29.8 Å². The first-order chi connectivity index (χ1) is 18.0. The second kappa shape index (κ2) is 11.2. The number of methoxy groups -OCH3 is 1. The summed E-state index contributed by atoms with van der Waals surface area (Å²) in [6, 6.07) is 16.4. The van der Waals surface area contributed by atoms with Gasteiger partial charge in [0, 0.05) is 62.3 Å². The van der Waals surface area contributed by atoms with Gasteiger partial charge in [0.1, 0.15) is 5.75 Å². The predicted octanol–water partition coefficient (Wildman–Crippen LogP) is 4.38. The molecule has 0 aliphatic carbocycles. The van der Waals surface area contributed by atoms with E-state index in [0.717, 1.165) is 30.6 Å². The molecule has 0 bridgehead atoms. The van der Waals surface area contributed by atoms with E-state index >= 15 is 0 Å². The van der Waals surface area contributed by atoms with Crippen LogP contribution in [0.5, 0.6) is 5.75 Å². The van der Waals surface area contributed by atoms with Gasteiger partial charge in [-0.05, 0) is 42.0 Å². The van der Waals surface area contributed by atoms with E-state index in [2.05, 4.69) is 19.6 Å². The van der Waals surface area contributed by atoms with Gasteiger partial charge >= 0.3 is 0 Å². The molecule has 1 amide bonds. The lowest BCUT2D eigenvalue weighted by molar-refractivity contribution is 0.0628. The number of rotatable bonds is 7. The Kier molecular flexibility index (Phi) is 7.64. The molecule has 1 atom stereocenters. The van der Waals surface area contributed by atoms with Gasteiger partial charge in [0.15, 0.2) is 11.0 Å². The number of nitrogens with one attached hydrogen (secondary N) is 1. The highest BCUT2D eigenvalue weighted by Crippen LogP contribution is 2.29. The van der Waals surface area contributed by atoms with Crippen molar-refractivity contribution in [3.63, 3.8) is 0 Å². The molecular formula is C27H26ClN5O3S. The number of hydrogen-bond acceptors (Lipinski definition) is 6. The van der Waals surface area contributed by atoms with Gasteiger partial charge in [0.25, 0.3) is 5.91 Å². The number of pyridine rings is 2. The van der Waals surface area contributed by atoms with Crippen LogP contribution in [-0.4, -0.2) is 63.2 Å². The van der Waals surface area contributed by atoms with Crippen molar-refractivity contribution in [2.75, 3.05) is 38.0 Å². The van der Waals surface area contributed by atoms with E-state index in [4.69, 9.17) is 16.3 Å². The number of nitrogens with zero attached hydrogens (tertiary/aromatic N) is 4. The van der Waals surface area contributed by atoms with Gasteiger partial charge in [-0.15, -0.1) is 0 Å². The first-order valence-corrected chi connectivity index (χ1v) is 13.4. The molecule has 10 heteroatoms. The Morgan fingerprint density at radius 3 is 2.68 bits per heavy atom. The minimum absolute atomic E-state index is 0.0618. The smallest absolute Gasteiger partial charge is 0.254 e. The number of benzene rings is 2. The van der Waals surface area contributed by atoms with Crippen LogP contribution in [0.25, 0.3) is 10.9 Å². The molecule has 0 spiro atoms. The van der Waals surface area contributed by atoms with Crippen molar-refractivity contribution in [3.8, 4) is 5.75 Å². The minimum Gasteiger partial charge on any atom is -0.495 e. The highest BCUT2D eigenvalue weighted by Gasteiger charge is 2.23. The van der Waals surface area contributed by atoms with Crippen LogP contribution in [0.2, 0.25) is 5.02 Å². The summed E-state index contributed by atoms with van der Waals surface area (Å²) in [7, 11) is -0.0427. The fraction of sp³-hybridized carbons (Fsp3) is 0.222. The zero-order valence-corrected chi connectivity index (χ0v) is 21.8. The van der Waals surface area contributed by atoms with Gasteiger partial charge in [0.05, 0.1) is 28.2 Å². The molecule has 4 aromatic rings. The summed E-state index contributed by atoms with van der Waals surface area (Å²) in [6.45, 7) is 3.49. The van der Waals surface area contributed by atoms with Crippen molar-refractivity contribution < 1.29 is 13.7 Å². The maximum absolute atomic E-state index is 13.2. The molecule has 0 saturated carbocycles. The summed E-state index contributed by atoms with van der Waals surface area (Å²) in [5.74, 6) is 0.382. The number of anilines is 1. The maximum Gasteiger partial charge on any atom is 0.254 e. The van der Waals surface area contributed by atoms with E-state index in [9.17, 15) is 9.00 Å². The maximum atomic E-state index is 13.2. The second-order valence-electron chi connectivity index (χ2n) is 8.70. The van der Waals surface area contributed by atoms with Crippen LogP contribution in [0.4, 0.5) is 5.69 Å². The number of halogens is 1. The van der Waals surface area contributed by atoms with Crippen molar-refractivity contribution >= 4 is 45.1 Å². The largest absolute Gasteiger partial charge is 0.495 e. The van der Waals surface area contributed by atoms with Crippen LogP contribution < -0.4 is 9.46 Å². The molecule has 8 nitrogen and oxygen atoms in total. The summed E-state index contributed by atoms with van der Waals surface area (Å²) in [4.78, 5) is 26.4. The van der Waals surface area contributed by atoms with E-state index in [1.54, 1.807) is 36.7 Å². The zero-order valence-electron chi connectivity index (χ0n) is 20.3. The van der Waals surface area contributed by atoms with Crippen molar-refractivity contribution in [2.24, 2.45) is 0 Å². The number of amides is 1. The van der Waals surface area contributed by atoms with E-state index < -0.39 is 11.0 Å². The summed E-state index contributed by atoms with van der Waals surface area (Å²) in [5.41, 5.74) is 2.78. The summed E-state index contributed by atoms with van der Waals surface area (Å²) in [6.07, 6.45) is 5.11. The Morgan fingerprint density at radius 1 is 1.08 bits per heavy atom. The van der Waals surface area contributed by atoms with Crippen LogP contribution in [0.3, 0.4) is 0 Å². The highest BCUT2D eigenvalue weighted by atomic mass is 35.5. The average Bonchev–Trinajstić information content (AvgIpc) is 2.93. The lowest BCUT2D eigenvalue weighted by Gasteiger charge is -2.34. The number of ether oxygens (including phenoxy) is 1. The number of carbonyl (C=O) groups excluding carboxylic acids is 1. The topological polar surface area (TPSA) is 87.7 Å². The third-order valence-corrected chi connectivity index (χ3v) is 7.61. The van der Waals surface area contributed by atoms with E-state index in [1.807, 2.05) is 41.4 Å². The fourth-order valence-corrected chi connectivity index (χ4v) is 5.60. The Balaban J connectivity index is 1.25. The van der Waals surface area contributed by atoms with Crippen LogP contribution in [0, 0.1) is 0 Å². The summed E-state index contributed by atoms with van der Waals surface area (Å²) in [5, 5.41) is 1.53. The number of para-hydroxylation sites is 1. The first kappa shape index (κ1) is 25.1. The third-order valence-electron chi connectivity index (χ3n) is 6.27. The Bertz CT molecular complexity index is 1450. The predicted molar refractivity (Wildman–Crippen MR) is 145 cm³/mol. The molecule has 0 radical (unpaired) electrons. The normalized spacial score (nSPS) is 14.9. The third kappa shape index (κ3) is 5.74. The van der Waals surface area contributed by atoms with Crippen molar-refractivity contribution in [2.45, 2.75) is 11.4 Å². The molecule has 1 aliphatic heterocycles. The molecular weight excluding hydrogens is 510 g/mol. The molecule has 190 valence electrons. The van der Waals surface area contributed by atoms with Gasteiger partial charge in [0.2, 0.25) is 0 Å². The van der Waals surface area contributed by atoms with E-state index in [-0.39, 0.29) is 5.91 Å². The van der Waals surface area contributed by atoms with Gasteiger partial charge in [-0.25, -0.2) is 4.21 Å². The molecule has 1 N–H and O–H groups in total. The second-order valence-corrected chi connectivity index (χ2v) is 10.3. The molecule has 2 aromatic carbocycles. The number of fused-ring (bicyclic) bond motifs is 1. The minimum atomic E-state index is -1.57. The first-order valence-electron chi connectivity index (χ1n) is 11.8. The molecule has 2 aromatic heterocycles. The SMILES string of the molecule is COc1cc(C(=O)N2CCN(Cc3cncc(Cl)c3)CC2)ccc1NS(=O)c1cccc2cccnc12. The van der Waals surface area contributed by atoms with Crippen LogP contribution in [0.15, 0.2) is 78.1 Å². The van der Waals surface area contributed by atoms with Crippen molar-refractivity contribution in [1.29, 1.82) is 0 Å². The van der Waals surface area contributed by atoms with Crippen LogP contribution >= 0.6 is 11.6 Å². The average molecular weight is 536 g/mol. The lowest BCUT2D eigenvalue weighted by atomic mass is 10.1. The Labute approximate surface area is 222 Å². The quantitative estimate of drug-likeness (QED) is 0.378. The zero-order chi connectivity index (χ0) is 25.8. The molecule has 37 heavy (non-hydrogen) atoms. The monoisotopic (exact) mass is 535 g/mol. The van der Waals surface area contributed by atoms with Crippen molar-refractivity contribution in [3.05, 3.63) is 89.3 Å². The number of hydrogen-bond donors (Lipinski definition) is 1. The van der Waals surface area contributed by atoms with E-state index in [0.29, 0.717) is 45.5 Å². The lowest BCUT2D eigenvalue weighted by Crippen LogP contribution is -2.48. The van der Waals surface area contributed by atoms with Gasteiger partial charge in [-0.2, -0.15) is 0 Å². The Hall–Kier alpha value is -3.53. The molecule has 1 fully saturated rings. The number of piperazine rings is 1. The van der Waals surface area contributed by atoms with Crippen LogP contribution in [0.1, 0.15) is 15.9 Å². The molecule has 1 unspecified atom stereocenters. The number of aromatic nitrogens is 2. The molecule has 1 saturated heterocycles.